The summed E-state index contributed by atoms with van der Waals surface area (Å²) >= 11 is 1.48. The third-order valence-electron chi connectivity index (χ3n) is 3.36. The molecule has 0 heterocycles. The third kappa shape index (κ3) is 3.09. The molecule has 0 fully saturated rings. The molecule has 0 aliphatic carbocycles. The van der Waals surface area contributed by atoms with Gasteiger partial charge in [0, 0.05) is 11.4 Å². The summed E-state index contributed by atoms with van der Waals surface area (Å²) in [5, 5.41) is 5.46. The van der Waals surface area contributed by atoms with Crippen molar-refractivity contribution in [3.05, 3.63) is 72.0 Å². The highest BCUT2D eigenvalue weighted by atomic mass is 32.2. The minimum absolute atomic E-state index is 0.166. The molecule has 0 aromatic heterocycles. The lowest BCUT2D eigenvalue weighted by molar-refractivity contribution is 0.594. The van der Waals surface area contributed by atoms with E-state index in [0.29, 0.717) is 11.4 Å². The number of hydrogen-bond donors (Lipinski definition) is 1. The topological polar surface area (TPSA) is 12.0 Å². The zero-order chi connectivity index (χ0) is 14.7. The van der Waals surface area contributed by atoms with Gasteiger partial charge in [0.25, 0.3) is 0 Å². The van der Waals surface area contributed by atoms with Crippen molar-refractivity contribution in [1.29, 1.82) is 0 Å². The minimum Gasteiger partial charge on any atom is -0.316 e. The van der Waals surface area contributed by atoms with E-state index in [0.717, 1.165) is 10.5 Å². The van der Waals surface area contributed by atoms with Crippen LogP contribution in [-0.4, -0.2) is 7.05 Å². The standard InChI is InChI=1S/C18H16FNS/c1-20-12-15-7-4-8-17(19)18(15)21-16-10-9-13-5-2-3-6-14(13)11-16/h2-11,20H,12H2,1H3. The summed E-state index contributed by atoms with van der Waals surface area (Å²) in [6, 6.07) is 19.7. The van der Waals surface area contributed by atoms with Crippen LogP contribution >= 0.6 is 11.8 Å². The lowest BCUT2D eigenvalue weighted by Crippen LogP contribution is -2.06. The Labute approximate surface area is 128 Å². The number of halogens is 1. The van der Waals surface area contributed by atoms with Gasteiger partial charge in [-0.15, -0.1) is 0 Å². The van der Waals surface area contributed by atoms with Gasteiger partial charge in [0.1, 0.15) is 5.82 Å². The van der Waals surface area contributed by atoms with E-state index in [1.165, 1.54) is 28.6 Å². The monoisotopic (exact) mass is 297 g/mol. The van der Waals surface area contributed by atoms with E-state index >= 15 is 0 Å². The van der Waals surface area contributed by atoms with Gasteiger partial charge in [0.2, 0.25) is 0 Å². The van der Waals surface area contributed by atoms with Crippen molar-refractivity contribution in [2.24, 2.45) is 0 Å². The maximum absolute atomic E-state index is 14.1. The molecule has 3 rings (SSSR count). The normalized spacial score (nSPS) is 11.0. The van der Waals surface area contributed by atoms with E-state index in [1.54, 1.807) is 6.07 Å². The SMILES string of the molecule is CNCc1cccc(F)c1Sc1ccc2ccccc2c1. The van der Waals surface area contributed by atoms with Crippen LogP contribution in [0.25, 0.3) is 10.8 Å². The molecule has 1 N–H and O–H groups in total. The number of hydrogen-bond acceptors (Lipinski definition) is 2. The van der Waals surface area contributed by atoms with Gasteiger partial charge in [-0.2, -0.15) is 0 Å². The molecule has 3 aromatic rings. The average Bonchev–Trinajstić information content (AvgIpc) is 2.51. The highest BCUT2D eigenvalue weighted by molar-refractivity contribution is 7.99. The number of nitrogens with one attached hydrogen (secondary N) is 1. The Kier molecular flexibility index (Phi) is 4.23. The molecule has 0 aliphatic heterocycles. The smallest absolute Gasteiger partial charge is 0.137 e. The summed E-state index contributed by atoms with van der Waals surface area (Å²) in [5.74, 6) is -0.166. The number of rotatable bonds is 4. The van der Waals surface area contributed by atoms with Crippen molar-refractivity contribution >= 4 is 22.5 Å². The van der Waals surface area contributed by atoms with Crippen LogP contribution in [0.15, 0.2) is 70.5 Å². The summed E-state index contributed by atoms with van der Waals surface area (Å²) in [6.07, 6.45) is 0. The predicted molar refractivity (Wildman–Crippen MR) is 87.2 cm³/mol. The van der Waals surface area contributed by atoms with Crippen molar-refractivity contribution in [2.45, 2.75) is 16.3 Å². The van der Waals surface area contributed by atoms with Crippen molar-refractivity contribution in [2.75, 3.05) is 7.05 Å². The molecule has 106 valence electrons. The highest BCUT2D eigenvalue weighted by Gasteiger charge is 2.10. The van der Waals surface area contributed by atoms with Gasteiger partial charge < -0.3 is 5.32 Å². The Morgan fingerprint density at radius 1 is 0.952 bits per heavy atom. The van der Waals surface area contributed by atoms with Crippen molar-refractivity contribution in [1.82, 2.24) is 5.32 Å². The predicted octanol–water partition coefficient (Wildman–Crippen LogP) is 4.85. The first-order chi connectivity index (χ1) is 10.3. The first-order valence-corrected chi connectivity index (χ1v) is 7.68. The summed E-state index contributed by atoms with van der Waals surface area (Å²) in [6.45, 7) is 0.660. The van der Waals surface area contributed by atoms with E-state index in [1.807, 2.05) is 31.3 Å². The molecule has 21 heavy (non-hydrogen) atoms. The molecule has 0 atom stereocenters. The van der Waals surface area contributed by atoms with E-state index in [4.69, 9.17) is 0 Å². The second-order valence-corrected chi connectivity index (χ2v) is 5.95. The minimum atomic E-state index is -0.166. The van der Waals surface area contributed by atoms with Crippen molar-refractivity contribution in [3.63, 3.8) is 0 Å². The third-order valence-corrected chi connectivity index (χ3v) is 4.51. The Morgan fingerprint density at radius 3 is 2.57 bits per heavy atom. The summed E-state index contributed by atoms with van der Waals surface area (Å²) in [7, 11) is 1.87. The Morgan fingerprint density at radius 2 is 1.76 bits per heavy atom. The zero-order valence-electron chi connectivity index (χ0n) is 11.8. The molecule has 0 saturated carbocycles. The van der Waals surface area contributed by atoms with Gasteiger partial charge in [-0.3, -0.25) is 0 Å². The average molecular weight is 297 g/mol. The first-order valence-electron chi connectivity index (χ1n) is 6.86. The van der Waals surface area contributed by atoms with Crippen LogP contribution in [0.4, 0.5) is 4.39 Å². The quantitative estimate of drug-likeness (QED) is 0.739. The molecule has 3 aromatic carbocycles. The van der Waals surface area contributed by atoms with E-state index in [2.05, 4.69) is 29.6 Å². The molecule has 0 bridgehead atoms. The van der Waals surface area contributed by atoms with E-state index in [-0.39, 0.29) is 5.82 Å². The van der Waals surface area contributed by atoms with Gasteiger partial charge in [-0.1, -0.05) is 54.2 Å². The molecular weight excluding hydrogens is 281 g/mol. The first kappa shape index (κ1) is 14.1. The largest absolute Gasteiger partial charge is 0.316 e. The van der Waals surface area contributed by atoms with Crippen molar-refractivity contribution in [3.8, 4) is 0 Å². The molecule has 0 spiro atoms. The number of benzene rings is 3. The molecule has 0 radical (unpaired) electrons. The molecule has 0 saturated heterocycles. The summed E-state index contributed by atoms with van der Waals surface area (Å²) in [4.78, 5) is 1.75. The van der Waals surface area contributed by atoms with Crippen LogP contribution in [0.5, 0.6) is 0 Å². The molecule has 0 unspecified atom stereocenters. The lowest BCUT2D eigenvalue weighted by Gasteiger charge is -2.10. The van der Waals surface area contributed by atoms with Crippen LogP contribution in [-0.2, 0) is 6.54 Å². The lowest BCUT2D eigenvalue weighted by atomic mass is 10.1. The van der Waals surface area contributed by atoms with Crippen molar-refractivity contribution < 1.29 is 4.39 Å². The van der Waals surface area contributed by atoms with Crippen LogP contribution < -0.4 is 5.32 Å². The van der Waals surface area contributed by atoms with E-state index in [9.17, 15) is 4.39 Å². The Bertz CT molecular complexity index is 770. The fourth-order valence-electron chi connectivity index (χ4n) is 2.35. The van der Waals surface area contributed by atoms with Crippen LogP contribution in [0.1, 0.15) is 5.56 Å². The maximum Gasteiger partial charge on any atom is 0.137 e. The van der Waals surface area contributed by atoms with Gasteiger partial charge in [0.15, 0.2) is 0 Å². The van der Waals surface area contributed by atoms with E-state index < -0.39 is 0 Å². The summed E-state index contributed by atoms with van der Waals surface area (Å²) in [5.41, 5.74) is 0.982. The molecule has 3 heteroatoms. The molecular formula is C18H16FNS. The summed E-state index contributed by atoms with van der Waals surface area (Å²) < 4.78 is 14.1. The fourth-order valence-corrected chi connectivity index (χ4v) is 3.34. The van der Waals surface area contributed by atoms with Gasteiger partial charge in [0.05, 0.1) is 4.90 Å². The highest BCUT2D eigenvalue weighted by Crippen LogP contribution is 2.34. The fraction of sp³-hybridized carbons (Fsp3) is 0.111. The second-order valence-electron chi connectivity index (χ2n) is 4.87. The Balaban J connectivity index is 1.98. The maximum atomic E-state index is 14.1. The van der Waals surface area contributed by atoms with Gasteiger partial charge >= 0.3 is 0 Å². The van der Waals surface area contributed by atoms with Crippen LogP contribution in [0, 0.1) is 5.82 Å². The Hall–Kier alpha value is -1.84. The van der Waals surface area contributed by atoms with Crippen LogP contribution in [0.2, 0.25) is 0 Å². The molecule has 1 nitrogen and oxygen atoms in total. The van der Waals surface area contributed by atoms with Gasteiger partial charge in [-0.25, -0.2) is 4.39 Å². The van der Waals surface area contributed by atoms with Crippen LogP contribution in [0.3, 0.4) is 0 Å². The second kappa shape index (κ2) is 6.29. The zero-order valence-corrected chi connectivity index (χ0v) is 12.6. The van der Waals surface area contributed by atoms with Gasteiger partial charge in [-0.05, 0) is 41.6 Å². The molecule has 0 aliphatic rings. The molecule has 0 amide bonds. The number of fused-ring (bicyclic) bond motifs is 1.